The molecule has 0 spiro atoms. The molecule has 1 aromatic carbocycles. The van der Waals surface area contributed by atoms with Gasteiger partial charge < -0.3 is 21.1 Å². The van der Waals surface area contributed by atoms with Crippen LogP contribution in [0.3, 0.4) is 0 Å². The summed E-state index contributed by atoms with van der Waals surface area (Å²) in [5.74, 6) is 0.305. The lowest BCUT2D eigenvalue weighted by molar-refractivity contribution is -0.127. The number of carbonyl (C=O) groups excluding carboxylic acids is 2. The average Bonchev–Trinajstić information content (AvgIpc) is 2.91. The third-order valence-electron chi connectivity index (χ3n) is 4.26. The number of carbonyl (C=O) groups is 2. The molecule has 0 saturated heterocycles. The van der Waals surface area contributed by atoms with Crippen LogP contribution in [0.5, 0.6) is 5.75 Å². The van der Waals surface area contributed by atoms with Gasteiger partial charge in [0.15, 0.2) is 0 Å². The fraction of sp³-hybridized carbons (Fsp3) is 0.529. The van der Waals surface area contributed by atoms with Crippen LogP contribution in [0.1, 0.15) is 36.6 Å². The van der Waals surface area contributed by atoms with E-state index < -0.39 is 6.04 Å². The van der Waals surface area contributed by atoms with Crippen molar-refractivity contribution < 1.29 is 14.3 Å². The minimum Gasteiger partial charge on any atom is -0.490 e. The largest absolute Gasteiger partial charge is 0.490 e. The lowest BCUT2D eigenvalue weighted by atomic mass is 10.0. The third kappa shape index (κ3) is 4.39. The highest BCUT2D eigenvalue weighted by Crippen LogP contribution is 2.36. The van der Waals surface area contributed by atoms with Crippen LogP contribution in [-0.2, 0) is 9.59 Å². The number of nitrogens with one attached hydrogen (secondary N) is 2. The Bertz CT molecular complexity index is 619. The van der Waals surface area contributed by atoms with Crippen molar-refractivity contribution >= 4 is 24.2 Å². The summed E-state index contributed by atoms with van der Waals surface area (Å²) in [5.41, 5.74) is 8.97. The molecule has 134 valence electrons. The Morgan fingerprint density at radius 1 is 1.33 bits per heavy atom. The zero-order chi connectivity index (χ0) is 17.1. The van der Waals surface area contributed by atoms with Crippen LogP contribution in [0.25, 0.3) is 0 Å². The number of hydrogen-bond donors (Lipinski definition) is 3. The minimum absolute atomic E-state index is 0. The van der Waals surface area contributed by atoms with E-state index in [9.17, 15) is 9.59 Å². The summed E-state index contributed by atoms with van der Waals surface area (Å²) in [5, 5.41) is 5.45. The number of nitrogens with two attached hydrogens (primary N) is 1. The maximum absolute atomic E-state index is 12.0. The van der Waals surface area contributed by atoms with E-state index in [1.165, 1.54) is 0 Å². The van der Waals surface area contributed by atoms with Crippen LogP contribution in [0.15, 0.2) is 12.1 Å². The smallest absolute Gasteiger partial charge is 0.240 e. The van der Waals surface area contributed by atoms with Crippen molar-refractivity contribution in [1.82, 2.24) is 10.6 Å². The van der Waals surface area contributed by atoms with Crippen LogP contribution in [-0.4, -0.2) is 31.0 Å². The SMILES string of the molecule is Cc1ccc2c(c1C)OCC2NC(=O)CNC(=O)[C@@H](N)C(C)C.Cl. The zero-order valence-electron chi connectivity index (χ0n) is 14.5. The zero-order valence-corrected chi connectivity index (χ0v) is 15.3. The Morgan fingerprint density at radius 2 is 2.00 bits per heavy atom. The first kappa shape index (κ1) is 20.3. The predicted molar refractivity (Wildman–Crippen MR) is 95.4 cm³/mol. The van der Waals surface area contributed by atoms with E-state index in [1.54, 1.807) is 0 Å². The van der Waals surface area contributed by atoms with E-state index in [0.717, 1.165) is 22.4 Å². The number of rotatable bonds is 5. The molecular weight excluding hydrogens is 330 g/mol. The molecule has 0 fully saturated rings. The minimum atomic E-state index is -0.607. The maximum atomic E-state index is 12.0. The van der Waals surface area contributed by atoms with Gasteiger partial charge in [0.1, 0.15) is 12.4 Å². The van der Waals surface area contributed by atoms with Gasteiger partial charge in [-0.2, -0.15) is 0 Å². The molecule has 0 aromatic heterocycles. The molecule has 0 radical (unpaired) electrons. The number of hydrogen-bond acceptors (Lipinski definition) is 4. The fourth-order valence-electron chi connectivity index (χ4n) is 2.49. The first-order chi connectivity index (χ1) is 10.8. The molecule has 1 aromatic rings. The van der Waals surface area contributed by atoms with Crippen LogP contribution >= 0.6 is 12.4 Å². The number of amides is 2. The molecule has 6 nitrogen and oxygen atoms in total. The Kier molecular flexibility index (Phi) is 7.05. The molecule has 0 aliphatic carbocycles. The van der Waals surface area contributed by atoms with Crippen molar-refractivity contribution in [3.05, 3.63) is 28.8 Å². The second-order valence-corrected chi connectivity index (χ2v) is 6.34. The van der Waals surface area contributed by atoms with E-state index in [2.05, 4.69) is 10.6 Å². The van der Waals surface area contributed by atoms with Gasteiger partial charge in [-0.05, 0) is 30.9 Å². The summed E-state index contributed by atoms with van der Waals surface area (Å²) in [6.07, 6.45) is 0. The second-order valence-electron chi connectivity index (χ2n) is 6.34. The second kappa shape index (κ2) is 8.35. The van der Waals surface area contributed by atoms with Crippen molar-refractivity contribution in [1.29, 1.82) is 0 Å². The highest BCUT2D eigenvalue weighted by molar-refractivity contribution is 5.87. The van der Waals surface area contributed by atoms with E-state index in [4.69, 9.17) is 10.5 Å². The molecular formula is C17H26ClN3O3. The summed E-state index contributed by atoms with van der Waals surface area (Å²) < 4.78 is 5.70. The Morgan fingerprint density at radius 3 is 2.62 bits per heavy atom. The third-order valence-corrected chi connectivity index (χ3v) is 4.26. The summed E-state index contributed by atoms with van der Waals surface area (Å²) in [6, 6.07) is 3.20. The highest BCUT2D eigenvalue weighted by Gasteiger charge is 2.27. The Hall–Kier alpha value is -1.79. The van der Waals surface area contributed by atoms with Gasteiger partial charge in [0.2, 0.25) is 11.8 Å². The molecule has 2 rings (SSSR count). The van der Waals surface area contributed by atoms with Gasteiger partial charge in [-0.25, -0.2) is 0 Å². The van der Waals surface area contributed by atoms with Gasteiger partial charge in [-0.3, -0.25) is 9.59 Å². The van der Waals surface area contributed by atoms with Gasteiger partial charge in [0, 0.05) is 5.56 Å². The summed E-state index contributed by atoms with van der Waals surface area (Å²) >= 11 is 0. The van der Waals surface area contributed by atoms with Crippen LogP contribution in [0.4, 0.5) is 0 Å². The molecule has 1 heterocycles. The molecule has 7 heteroatoms. The fourth-order valence-corrected chi connectivity index (χ4v) is 2.49. The van der Waals surface area contributed by atoms with Gasteiger partial charge in [-0.15, -0.1) is 12.4 Å². The number of benzene rings is 1. The van der Waals surface area contributed by atoms with Gasteiger partial charge >= 0.3 is 0 Å². The highest BCUT2D eigenvalue weighted by atomic mass is 35.5. The molecule has 24 heavy (non-hydrogen) atoms. The topological polar surface area (TPSA) is 93.5 Å². The monoisotopic (exact) mass is 355 g/mol. The van der Waals surface area contributed by atoms with Gasteiger partial charge in [0.05, 0.1) is 18.6 Å². The van der Waals surface area contributed by atoms with E-state index >= 15 is 0 Å². The van der Waals surface area contributed by atoms with Crippen molar-refractivity contribution in [3.63, 3.8) is 0 Å². The van der Waals surface area contributed by atoms with Crippen LogP contribution in [0, 0.1) is 19.8 Å². The molecule has 4 N–H and O–H groups in total. The number of halogens is 1. The average molecular weight is 356 g/mol. The molecule has 1 aliphatic rings. The summed E-state index contributed by atoms with van der Waals surface area (Å²) in [4.78, 5) is 23.8. The van der Waals surface area contributed by atoms with Crippen molar-refractivity contribution in [2.75, 3.05) is 13.2 Å². The number of ether oxygens (including phenoxy) is 1. The summed E-state index contributed by atoms with van der Waals surface area (Å²) in [7, 11) is 0. The lowest BCUT2D eigenvalue weighted by Gasteiger charge is -2.16. The molecule has 0 saturated carbocycles. The van der Waals surface area contributed by atoms with Crippen molar-refractivity contribution in [2.45, 2.75) is 39.8 Å². The van der Waals surface area contributed by atoms with Crippen LogP contribution < -0.4 is 21.1 Å². The number of fused-ring (bicyclic) bond motifs is 1. The maximum Gasteiger partial charge on any atom is 0.240 e. The van der Waals surface area contributed by atoms with Gasteiger partial charge in [-0.1, -0.05) is 26.0 Å². The summed E-state index contributed by atoms with van der Waals surface area (Å²) in [6.45, 7) is 8.08. The van der Waals surface area contributed by atoms with Crippen molar-refractivity contribution in [2.24, 2.45) is 11.7 Å². The first-order valence-corrected chi connectivity index (χ1v) is 7.86. The van der Waals surface area contributed by atoms with E-state index in [0.29, 0.717) is 6.61 Å². The standard InChI is InChI=1S/C17H25N3O3.ClH/c1-9(2)15(18)17(22)19-7-14(21)20-13-8-23-16-11(4)10(3)5-6-12(13)16;/h5-6,9,13,15H,7-8,18H2,1-4H3,(H,19,22)(H,20,21);1H/t13?,15-;/m0./s1. The van der Waals surface area contributed by atoms with Gasteiger partial charge in [0.25, 0.3) is 0 Å². The van der Waals surface area contributed by atoms with Crippen LogP contribution in [0.2, 0.25) is 0 Å². The van der Waals surface area contributed by atoms with Crippen molar-refractivity contribution in [3.8, 4) is 5.75 Å². The molecule has 2 amide bonds. The first-order valence-electron chi connectivity index (χ1n) is 7.86. The Labute approximate surface area is 148 Å². The van der Waals surface area contributed by atoms with E-state index in [1.807, 2.05) is 39.8 Å². The normalized spacial score (nSPS) is 16.7. The lowest BCUT2D eigenvalue weighted by Crippen LogP contribution is -2.47. The molecule has 0 bridgehead atoms. The predicted octanol–water partition coefficient (Wildman–Crippen LogP) is 1.37. The Balaban J connectivity index is 0.00000288. The molecule has 1 unspecified atom stereocenters. The van der Waals surface area contributed by atoms with E-state index in [-0.39, 0.29) is 42.7 Å². The molecule has 2 atom stereocenters. The quantitative estimate of drug-likeness (QED) is 0.743. The number of aryl methyl sites for hydroxylation is 1. The molecule has 1 aliphatic heterocycles.